The summed E-state index contributed by atoms with van der Waals surface area (Å²) in [6, 6.07) is 0. The number of carbonyl (C=O) groups excluding carboxylic acids is 7. The molecule has 0 saturated carbocycles. The number of hydrogen-bond donors (Lipinski definition) is 3. The molecular weight excluding hydrogens is 740 g/mol. The highest BCUT2D eigenvalue weighted by Gasteiger charge is 2.59. The van der Waals surface area contributed by atoms with Crippen LogP contribution in [0.15, 0.2) is 0 Å². The summed E-state index contributed by atoms with van der Waals surface area (Å²) >= 11 is 0. The molecular formula is C31H42O23. The number of carbonyl (C=O) groups is 8. The van der Waals surface area contributed by atoms with Crippen molar-refractivity contribution in [1.82, 2.24) is 0 Å². The van der Waals surface area contributed by atoms with Gasteiger partial charge < -0.3 is 72.2 Å². The fraction of sp³-hybridized carbons (Fsp3) is 0.742. The Labute approximate surface area is 306 Å². The number of ether oxygens (including phenoxy) is 12. The zero-order chi connectivity index (χ0) is 40.6. The molecule has 0 radical (unpaired) electrons. The average molecular weight is 783 g/mol. The number of aliphatic carboxylic acids is 1. The van der Waals surface area contributed by atoms with Crippen LogP contribution in [0.1, 0.15) is 48.5 Å². The van der Waals surface area contributed by atoms with E-state index in [1.54, 1.807) is 0 Å². The summed E-state index contributed by atoms with van der Waals surface area (Å²) in [5, 5.41) is 31.3. The second kappa shape index (κ2) is 19.2. The largest absolute Gasteiger partial charge is 0.479 e. The zero-order valence-electron chi connectivity index (χ0n) is 30.0. The Bertz CT molecular complexity index is 1410. The van der Waals surface area contributed by atoms with Gasteiger partial charge in [-0.3, -0.25) is 33.6 Å². The van der Waals surface area contributed by atoms with Crippen LogP contribution < -0.4 is 0 Å². The van der Waals surface area contributed by atoms with Gasteiger partial charge in [0, 0.05) is 48.5 Å². The Hall–Kier alpha value is -4.52. The second-order valence-corrected chi connectivity index (χ2v) is 12.0. The highest BCUT2D eigenvalue weighted by atomic mass is 16.8. The Morgan fingerprint density at radius 2 is 0.907 bits per heavy atom. The third-order valence-corrected chi connectivity index (χ3v) is 7.62. The molecule has 0 bridgehead atoms. The number of esters is 7. The molecule has 0 amide bonds. The van der Waals surface area contributed by atoms with E-state index in [0.29, 0.717) is 0 Å². The molecule has 23 heteroatoms. The molecule has 0 aromatic carbocycles. The number of aliphatic hydroxyl groups excluding tert-OH is 2. The maximum absolute atomic E-state index is 12.4. The average Bonchev–Trinajstić information content (AvgIpc) is 3.03. The summed E-state index contributed by atoms with van der Waals surface area (Å²) in [7, 11) is 0. The molecule has 54 heavy (non-hydrogen) atoms. The van der Waals surface area contributed by atoms with Crippen molar-refractivity contribution in [2.75, 3.05) is 13.2 Å². The predicted octanol–water partition coefficient (Wildman–Crippen LogP) is -2.85. The minimum atomic E-state index is -2.16. The Morgan fingerprint density at radius 1 is 0.519 bits per heavy atom. The smallest absolute Gasteiger partial charge is 0.337 e. The molecule has 0 unspecified atom stereocenters. The van der Waals surface area contributed by atoms with E-state index in [0.717, 1.165) is 48.5 Å². The Morgan fingerprint density at radius 3 is 1.35 bits per heavy atom. The van der Waals surface area contributed by atoms with Gasteiger partial charge in [-0.25, -0.2) is 4.79 Å². The first-order valence-corrected chi connectivity index (χ1v) is 16.2. The van der Waals surface area contributed by atoms with Crippen LogP contribution in [0.2, 0.25) is 0 Å². The number of carboxylic acids is 1. The van der Waals surface area contributed by atoms with Gasteiger partial charge in [0.25, 0.3) is 0 Å². The number of aliphatic hydroxyl groups is 2. The van der Waals surface area contributed by atoms with Crippen LogP contribution in [-0.4, -0.2) is 162 Å². The molecule has 0 aromatic heterocycles. The zero-order valence-corrected chi connectivity index (χ0v) is 30.0. The maximum Gasteiger partial charge on any atom is 0.337 e. The number of hydrogen-bond acceptors (Lipinski definition) is 22. The first kappa shape index (κ1) is 43.9. The Kier molecular flexibility index (Phi) is 15.6. The van der Waals surface area contributed by atoms with E-state index in [4.69, 9.17) is 56.8 Å². The van der Waals surface area contributed by atoms with Crippen LogP contribution >= 0.6 is 0 Å². The van der Waals surface area contributed by atoms with E-state index in [2.05, 4.69) is 0 Å². The summed E-state index contributed by atoms with van der Waals surface area (Å²) in [4.78, 5) is 97.4. The van der Waals surface area contributed by atoms with Crippen molar-refractivity contribution in [3.63, 3.8) is 0 Å². The molecule has 3 fully saturated rings. The van der Waals surface area contributed by atoms with Crippen LogP contribution in [0.4, 0.5) is 0 Å². The van der Waals surface area contributed by atoms with Crippen molar-refractivity contribution < 1.29 is 111 Å². The van der Waals surface area contributed by atoms with E-state index in [-0.39, 0.29) is 0 Å². The lowest BCUT2D eigenvalue weighted by Gasteiger charge is -2.48. The molecule has 3 heterocycles. The maximum atomic E-state index is 12.4. The van der Waals surface area contributed by atoms with Crippen molar-refractivity contribution in [1.29, 1.82) is 0 Å². The molecule has 23 nitrogen and oxygen atoms in total. The normalized spacial score (nSPS) is 35.0. The van der Waals surface area contributed by atoms with Gasteiger partial charge in [-0.15, -0.1) is 0 Å². The summed E-state index contributed by atoms with van der Waals surface area (Å²) < 4.78 is 65.7. The van der Waals surface area contributed by atoms with Crippen LogP contribution in [0.25, 0.3) is 0 Å². The first-order chi connectivity index (χ1) is 25.2. The SMILES string of the molecule is CC(=O)O[C@H]1[C@@H](OC(C)=O)[C@@H](C(=O)O)O[C@@H](O[C@@H]2[C@@H](O[C@@H]3O[C@H](CO)[C@H](OC(C)=O)[C@H](OC(C)=O)[C@H]3OC(C)=O)[C@@H](OC(C)=O)CO[C@H]2O)[C@@H]1OC(C)=O. The van der Waals surface area contributed by atoms with E-state index in [1.165, 1.54) is 0 Å². The molecule has 3 aliphatic heterocycles. The topological polar surface area (TPSA) is 308 Å². The minimum absolute atomic E-state index is 0.607. The van der Waals surface area contributed by atoms with E-state index < -0.39 is 147 Å². The second-order valence-electron chi connectivity index (χ2n) is 12.0. The molecule has 3 aliphatic rings. The van der Waals surface area contributed by atoms with E-state index in [9.17, 15) is 53.7 Å². The van der Waals surface area contributed by atoms with Crippen LogP contribution in [-0.2, 0) is 95.2 Å². The van der Waals surface area contributed by atoms with Gasteiger partial charge >= 0.3 is 47.8 Å². The van der Waals surface area contributed by atoms with Crippen molar-refractivity contribution >= 4 is 47.8 Å². The van der Waals surface area contributed by atoms with Crippen LogP contribution in [0.5, 0.6) is 0 Å². The molecule has 3 rings (SSSR count). The summed E-state index contributed by atoms with van der Waals surface area (Å²) in [5.74, 6) is -8.69. The highest BCUT2D eigenvalue weighted by Crippen LogP contribution is 2.36. The number of rotatable bonds is 13. The van der Waals surface area contributed by atoms with Gasteiger partial charge in [-0.05, 0) is 0 Å². The summed E-state index contributed by atoms with van der Waals surface area (Å²) in [6.07, 6.45) is -26.0. The Balaban J connectivity index is 2.15. The van der Waals surface area contributed by atoms with Crippen LogP contribution in [0, 0.1) is 0 Å². The fourth-order valence-corrected chi connectivity index (χ4v) is 5.88. The third kappa shape index (κ3) is 11.5. The molecule has 0 spiro atoms. The van der Waals surface area contributed by atoms with Gasteiger partial charge in [0.2, 0.25) is 6.29 Å². The molecule has 0 aliphatic carbocycles. The van der Waals surface area contributed by atoms with E-state index >= 15 is 0 Å². The lowest BCUT2D eigenvalue weighted by atomic mass is 9.96. The van der Waals surface area contributed by atoms with E-state index in [1.807, 2.05) is 0 Å². The fourth-order valence-electron chi connectivity index (χ4n) is 5.88. The van der Waals surface area contributed by atoms with Gasteiger partial charge in [-0.1, -0.05) is 0 Å². The lowest BCUT2D eigenvalue weighted by Crippen LogP contribution is -2.67. The van der Waals surface area contributed by atoms with Crippen LogP contribution in [0.3, 0.4) is 0 Å². The van der Waals surface area contributed by atoms with Crippen molar-refractivity contribution in [3.8, 4) is 0 Å². The van der Waals surface area contributed by atoms with Gasteiger partial charge in [0.05, 0.1) is 13.2 Å². The number of carboxylic acid groups (broad SMARTS) is 1. The van der Waals surface area contributed by atoms with Gasteiger partial charge in [-0.2, -0.15) is 0 Å². The summed E-state index contributed by atoms with van der Waals surface area (Å²) in [5.41, 5.74) is 0. The standard InChI is InChI=1S/C31H42O23/c1-10(33)44-18-9-43-29(42)25(54-31-27(50-16(7)39)23(48-14(5)37)22(47-13(4)36)24(53-31)28(40)41)20(18)52-30-26(49-15(6)38)21(46-12(3)35)19(45-11(2)34)17(8-32)51-30/h17-27,29-32,42H,8-9H2,1-7H3,(H,40,41)/t17-,18+,19+,20+,21+,22-,23+,24+,25-,26-,27-,29-,30+,31+/m1/s1. The van der Waals surface area contributed by atoms with Crippen molar-refractivity contribution in [3.05, 3.63) is 0 Å². The third-order valence-electron chi connectivity index (χ3n) is 7.62. The molecule has 0 aromatic rings. The molecule has 3 N–H and O–H groups in total. The highest BCUT2D eigenvalue weighted by molar-refractivity contribution is 5.75. The minimum Gasteiger partial charge on any atom is -0.479 e. The molecule has 304 valence electrons. The predicted molar refractivity (Wildman–Crippen MR) is 163 cm³/mol. The van der Waals surface area contributed by atoms with Crippen molar-refractivity contribution in [2.24, 2.45) is 0 Å². The first-order valence-electron chi connectivity index (χ1n) is 16.2. The lowest BCUT2D eigenvalue weighted by molar-refractivity contribution is -0.376. The van der Waals surface area contributed by atoms with Crippen molar-refractivity contribution in [2.45, 2.75) is 134 Å². The monoisotopic (exact) mass is 782 g/mol. The van der Waals surface area contributed by atoms with Gasteiger partial charge in [0.1, 0.15) is 18.3 Å². The quantitative estimate of drug-likeness (QED) is 0.125. The molecule has 14 atom stereocenters. The summed E-state index contributed by atoms with van der Waals surface area (Å²) in [6.45, 7) is 5.19. The van der Waals surface area contributed by atoms with Gasteiger partial charge in [0.15, 0.2) is 61.4 Å². The molecule has 3 saturated heterocycles.